The molecule has 1 aromatic rings. The second-order valence-electron chi connectivity index (χ2n) is 2.81. The first-order chi connectivity index (χ1) is 6.59. The summed E-state index contributed by atoms with van der Waals surface area (Å²) in [7, 11) is 0. The van der Waals surface area contributed by atoms with E-state index in [1.807, 2.05) is 0 Å². The van der Waals surface area contributed by atoms with E-state index in [-0.39, 0.29) is 5.82 Å². The van der Waals surface area contributed by atoms with E-state index in [4.69, 9.17) is 0 Å². The van der Waals surface area contributed by atoms with Crippen LogP contribution in [0.15, 0.2) is 55.4 Å². The van der Waals surface area contributed by atoms with Crippen LogP contribution in [-0.4, -0.2) is 0 Å². The van der Waals surface area contributed by atoms with E-state index in [9.17, 15) is 8.78 Å². The van der Waals surface area contributed by atoms with Crippen molar-refractivity contribution in [3.8, 4) is 0 Å². The molecule has 72 valence electrons. The second kappa shape index (κ2) is 4.51. The van der Waals surface area contributed by atoms with E-state index >= 15 is 0 Å². The molecule has 0 heterocycles. The molecule has 0 bridgehead atoms. The van der Waals surface area contributed by atoms with Gasteiger partial charge in [-0.3, -0.25) is 0 Å². The average molecular weight is 192 g/mol. The highest BCUT2D eigenvalue weighted by Gasteiger charge is 1.95. The molecule has 0 amide bonds. The molecule has 0 fully saturated rings. The lowest BCUT2D eigenvalue weighted by molar-refractivity contribution is 0.627. The topological polar surface area (TPSA) is 0 Å². The van der Waals surface area contributed by atoms with Gasteiger partial charge in [0.15, 0.2) is 0 Å². The van der Waals surface area contributed by atoms with Gasteiger partial charge in [0.2, 0.25) is 0 Å². The summed E-state index contributed by atoms with van der Waals surface area (Å²) in [6, 6.07) is 5.84. The van der Waals surface area contributed by atoms with E-state index in [1.54, 1.807) is 12.1 Å². The minimum absolute atomic E-state index is 0.305. The molecular formula is C12H10F2. The molecular weight excluding hydrogens is 182 g/mol. The summed E-state index contributed by atoms with van der Waals surface area (Å²) in [4.78, 5) is 0. The van der Waals surface area contributed by atoms with Crippen LogP contribution in [-0.2, 0) is 0 Å². The lowest BCUT2D eigenvalue weighted by atomic mass is 10.1. The predicted octanol–water partition coefficient (Wildman–Crippen LogP) is 3.88. The second-order valence-corrected chi connectivity index (χ2v) is 2.81. The first kappa shape index (κ1) is 10.4. The summed E-state index contributed by atoms with van der Waals surface area (Å²) in [6.07, 6.45) is 2.71. The van der Waals surface area contributed by atoms with Crippen molar-refractivity contribution >= 4 is 5.57 Å². The largest absolute Gasteiger partial charge is 0.208 e. The summed E-state index contributed by atoms with van der Waals surface area (Å²) >= 11 is 0. The van der Waals surface area contributed by atoms with Crippen LogP contribution < -0.4 is 0 Å². The van der Waals surface area contributed by atoms with Gasteiger partial charge in [0.05, 0.1) is 0 Å². The van der Waals surface area contributed by atoms with Crippen molar-refractivity contribution in [2.45, 2.75) is 0 Å². The standard InChI is InChI=1S/C12H10F2/c1-9(3-4-10(2)13)11-5-7-12(14)8-6-11/h3-8H,1-2H2/b4-3-. The van der Waals surface area contributed by atoms with Crippen LogP contribution in [0.3, 0.4) is 0 Å². The van der Waals surface area contributed by atoms with Crippen molar-refractivity contribution in [2.75, 3.05) is 0 Å². The Labute approximate surface area is 81.9 Å². The van der Waals surface area contributed by atoms with Crippen LogP contribution in [0.5, 0.6) is 0 Å². The highest BCUT2D eigenvalue weighted by molar-refractivity contribution is 5.72. The third-order valence-corrected chi connectivity index (χ3v) is 1.68. The van der Waals surface area contributed by atoms with Crippen LogP contribution in [0.25, 0.3) is 5.57 Å². The van der Waals surface area contributed by atoms with Gasteiger partial charge in [0.25, 0.3) is 0 Å². The Hall–Kier alpha value is -1.70. The number of rotatable bonds is 3. The summed E-state index contributed by atoms with van der Waals surface area (Å²) < 4.78 is 24.8. The number of hydrogen-bond donors (Lipinski definition) is 0. The molecule has 0 N–H and O–H groups in total. The average Bonchev–Trinajstić information content (AvgIpc) is 2.15. The number of hydrogen-bond acceptors (Lipinski definition) is 0. The minimum atomic E-state index is -0.534. The summed E-state index contributed by atoms with van der Waals surface area (Å²) in [5.41, 5.74) is 1.37. The minimum Gasteiger partial charge on any atom is -0.208 e. The van der Waals surface area contributed by atoms with Gasteiger partial charge in [-0.15, -0.1) is 0 Å². The van der Waals surface area contributed by atoms with Gasteiger partial charge < -0.3 is 0 Å². The summed E-state index contributed by atoms with van der Waals surface area (Å²) in [5.74, 6) is -0.839. The fourth-order valence-electron chi connectivity index (χ4n) is 0.951. The van der Waals surface area contributed by atoms with Gasteiger partial charge >= 0.3 is 0 Å². The van der Waals surface area contributed by atoms with E-state index < -0.39 is 5.83 Å². The smallest absolute Gasteiger partial charge is 0.123 e. The van der Waals surface area contributed by atoms with Gasteiger partial charge in [-0.1, -0.05) is 31.4 Å². The van der Waals surface area contributed by atoms with Crippen molar-refractivity contribution < 1.29 is 8.78 Å². The zero-order chi connectivity index (χ0) is 10.6. The normalized spacial score (nSPS) is 10.4. The van der Waals surface area contributed by atoms with E-state index in [2.05, 4.69) is 13.2 Å². The number of benzene rings is 1. The molecule has 0 radical (unpaired) electrons. The van der Waals surface area contributed by atoms with Crippen LogP contribution >= 0.6 is 0 Å². The molecule has 0 atom stereocenters. The molecule has 0 aliphatic rings. The summed E-state index contributed by atoms with van der Waals surface area (Å²) in [5, 5.41) is 0. The Balaban J connectivity index is 2.80. The lowest BCUT2D eigenvalue weighted by Crippen LogP contribution is -1.79. The molecule has 0 spiro atoms. The van der Waals surface area contributed by atoms with Crippen molar-refractivity contribution in [3.63, 3.8) is 0 Å². The Morgan fingerprint density at radius 1 is 1.07 bits per heavy atom. The highest BCUT2D eigenvalue weighted by Crippen LogP contribution is 2.14. The molecule has 1 rings (SSSR count). The Morgan fingerprint density at radius 3 is 2.14 bits per heavy atom. The van der Waals surface area contributed by atoms with Crippen LogP contribution in [0.1, 0.15) is 5.56 Å². The van der Waals surface area contributed by atoms with Gasteiger partial charge in [-0.25, -0.2) is 8.78 Å². The molecule has 0 aliphatic heterocycles. The first-order valence-corrected chi connectivity index (χ1v) is 4.07. The third-order valence-electron chi connectivity index (χ3n) is 1.68. The SMILES string of the molecule is C=C(F)/C=C\C(=C)c1ccc(F)cc1. The molecule has 0 aliphatic carbocycles. The maximum Gasteiger partial charge on any atom is 0.123 e. The van der Waals surface area contributed by atoms with Crippen molar-refractivity contribution in [3.05, 3.63) is 66.8 Å². The van der Waals surface area contributed by atoms with Crippen LogP contribution in [0.4, 0.5) is 8.78 Å². The van der Waals surface area contributed by atoms with Gasteiger partial charge in [0, 0.05) is 0 Å². The fourth-order valence-corrected chi connectivity index (χ4v) is 0.951. The Kier molecular flexibility index (Phi) is 3.35. The van der Waals surface area contributed by atoms with E-state index in [0.717, 1.165) is 5.56 Å². The monoisotopic (exact) mass is 192 g/mol. The maximum atomic E-state index is 12.5. The van der Waals surface area contributed by atoms with Gasteiger partial charge in [0.1, 0.15) is 11.6 Å². The van der Waals surface area contributed by atoms with Crippen LogP contribution in [0, 0.1) is 5.82 Å². The highest BCUT2D eigenvalue weighted by atomic mass is 19.1. The number of allylic oxidation sites excluding steroid dienone is 4. The van der Waals surface area contributed by atoms with Gasteiger partial charge in [-0.2, -0.15) is 0 Å². The Bertz CT molecular complexity index is 372. The van der Waals surface area contributed by atoms with E-state index in [0.29, 0.717) is 5.57 Å². The predicted molar refractivity (Wildman–Crippen MR) is 54.8 cm³/mol. The lowest BCUT2D eigenvalue weighted by Gasteiger charge is -1.99. The first-order valence-electron chi connectivity index (χ1n) is 4.07. The molecule has 0 saturated carbocycles. The zero-order valence-electron chi connectivity index (χ0n) is 7.63. The van der Waals surface area contributed by atoms with E-state index in [1.165, 1.54) is 24.3 Å². The fraction of sp³-hybridized carbons (Fsp3) is 0. The molecule has 0 unspecified atom stereocenters. The maximum absolute atomic E-state index is 12.5. The third kappa shape index (κ3) is 2.98. The summed E-state index contributed by atoms with van der Waals surface area (Å²) in [6.45, 7) is 6.79. The molecule has 0 nitrogen and oxygen atoms in total. The van der Waals surface area contributed by atoms with Crippen molar-refractivity contribution in [1.82, 2.24) is 0 Å². The van der Waals surface area contributed by atoms with Crippen molar-refractivity contribution in [1.29, 1.82) is 0 Å². The van der Waals surface area contributed by atoms with Crippen molar-refractivity contribution in [2.24, 2.45) is 0 Å². The molecule has 2 heteroatoms. The molecule has 1 aromatic carbocycles. The quantitative estimate of drug-likeness (QED) is 0.637. The van der Waals surface area contributed by atoms with Crippen LogP contribution in [0.2, 0.25) is 0 Å². The molecule has 14 heavy (non-hydrogen) atoms. The number of halogens is 2. The Morgan fingerprint density at radius 2 is 1.64 bits per heavy atom. The molecule has 0 saturated heterocycles. The molecule has 0 aromatic heterocycles. The zero-order valence-corrected chi connectivity index (χ0v) is 7.63. The van der Waals surface area contributed by atoms with Gasteiger partial charge in [-0.05, 0) is 29.3 Å².